The predicted molar refractivity (Wildman–Crippen MR) is 91.7 cm³/mol. The molecule has 0 saturated carbocycles. The normalized spacial score (nSPS) is 13.1. The van der Waals surface area contributed by atoms with Crippen LogP contribution in [0.5, 0.6) is 11.5 Å². The molecular formula is C17H13F2N3O4S. The molecular weight excluding hydrogens is 380 g/mol. The van der Waals surface area contributed by atoms with Gasteiger partial charge < -0.3 is 9.47 Å². The van der Waals surface area contributed by atoms with Gasteiger partial charge in [-0.15, -0.1) is 0 Å². The first-order valence-electron chi connectivity index (χ1n) is 7.80. The molecule has 0 fully saturated rings. The number of benzene rings is 2. The molecule has 0 spiro atoms. The second-order valence-electron chi connectivity index (χ2n) is 5.64. The Hall–Kier alpha value is -3.14. The van der Waals surface area contributed by atoms with Crippen molar-refractivity contribution in [2.75, 3.05) is 11.6 Å². The minimum absolute atomic E-state index is 0.0178. The lowest BCUT2D eigenvalue weighted by atomic mass is 10.1. The maximum Gasteiger partial charge on any atom is 0.282 e. The van der Waals surface area contributed by atoms with Crippen LogP contribution in [0.1, 0.15) is 12.1 Å². The summed E-state index contributed by atoms with van der Waals surface area (Å²) in [6, 6.07) is 13.5. The summed E-state index contributed by atoms with van der Waals surface area (Å²) in [5, 5.41) is 3.69. The van der Waals surface area contributed by atoms with E-state index in [2.05, 4.69) is 9.93 Å². The highest BCUT2D eigenvalue weighted by Gasteiger charge is 2.23. The molecule has 1 N–H and O–H groups in total. The van der Waals surface area contributed by atoms with Gasteiger partial charge >= 0.3 is 0 Å². The Labute approximate surface area is 153 Å². The first-order valence-corrected chi connectivity index (χ1v) is 9.28. The van der Waals surface area contributed by atoms with Crippen LogP contribution in [0.3, 0.4) is 0 Å². The van der Waals surface area contributed by atoms with E-state index in [0.29, 0.717) is 17.1 Å². The maximum absolute atomic E-state index is 13.2. The largest absolute Gasteiger partial charge is 0.454 e. The van der Waals surface area contributed by atoms with Crippen LogP contribution in [-0.2, 0) is 10.0 Å². The third-order valence-corrected chi connectivity index (χ3v) is 5.19. The van der Waals surface area contributed by atoms with Gasteiger partial charge in [0.15, 0.2) is 11.5 Å². The van der Waals surface area contributed by atoms with E-state index in [0.717, 1.165) is 10.9 Å². The molecule has 3 aromatic rings. The molecule has 0 unspecified atom stereocenters. The summed E-state index contributed by atoms with van der Waals surface area (Å²) in [6.45, 7) is 0.0565. The summed E-state index contributed by atoms with van der Waals surface area (Å²) in [6.07, 6.45) is -2.86. The summed E-state index contributed by atoms with van der Waals surface area (Å²) in [7, 11) is -4.02. The fraction of sp³-hybridized carbons (Fsp3) is 0.118. The van der Waals surface area contributed by atoms with Crippen LogP contribution in [-0.4, -0.2) is 25.1 Å². The van der Waals surface area contributed by atoms with Gasteiger partial charge in [0, 0.05) is 5.56 Å². The maximum atomic E-state index is 13.2. The molecule has 0 aliphatic carbocycles. The van der Waals surface area contributed by atoms with Crippen LogP contribution < -0.4 is 14.3 Å². The van der Waals surface area contributed by atoms with Gasteiger partial charge in [-0.2, -0.15) is 23.1 Å². The molecule has 140 valence electrons. The number of nitrogens with one attached hydrogen (secondary N) is 1. The number of alkyl halides is 2. The highest BCUT2D eigenvalue weighted by Crippen LogP contribution is 2.36. The Kier molecular flexibility index (Phi) is 4.19. The lowest BCUT2D eigenvalue weighted by molar-refractivity contribution is 0.145. The Morgan fingerprint density at radius 1 is 1.04 bits per heavy atom. The Morgan fingerprint density at radius 3 is 2.52 bits per heavy atom. The lowest BCUT2D eigenvalue weighted by Gasteiger charge is -2.11. The van der Waals surface area contributed by atoms with Crippen LogP contribution in [0.4, 0.5) is 8.78 Å². The van der Waals surface area contributed by atoms with Gasteiger partial charge in [0.1, 0.15) is 5.69 Å². The number of fused-ring (bicyclic) bond motifs is 1. The van der Waals surface area contributed by atoms with E-state index in [1.165, 1.54) is 12.1 Å². The molecule has 0 bridgehead atoms. The van der Waals surface area contributed by atoms with Crippen LogP contribution >= 0.6 is 0 Å². The third kappa shape index (κ3) is 3.31. The average molecular weight is 393 g/mol. The van der Waals surface area contributed by atoms with Crippen molar-refractivity contribution >= 4 is 10.0 Å². The van der Waals surface area contributed by atoms with Crippen molar-refractivity contribution in [2.24, 2.45) is 0 Å². The molecule has 0 atom stereocenters. The minimum atomic E-state index is -4.02. The zero-order valence-corrected chi connectivity index (χ0v) is 14.5. The number of halogens is 2. The summed E-state index contributed by atoms with van der Waals surface area (Å²) < 4.78 is 61.9. The lowest BCUT2D eigenvalue weighted by Crippen LogP contribution is -2.25. The van der Waals surface area contributed by atoms with E-state index in [1.54, 1.807) is 36.4 Å². The van der Waals surface area contributed by atoms with E-state index >= 15 is 0 Å². The second kappa shape index (κ2) is 6.54. The zero-order chi connectivity index (χ0) is 19.0. The number of ether oxygens (including phenoxy) is 2. The van der Waals surface area contributed by atoms with E-state index in [9.17, 15) is 17.2 Å². The Balaban J connectivity index is 1.77. The smallest absolute Gasteiger partial charge is 0.282 e. The highest BCUT2D eigenvalue weighted by atomic mass is 32.2. The first kappa shape index (κ1) is 17.3. The molecule has 2 heterocycles. The number of aromatic nitrogens is 2. The quantitative estimate of drug-likeness (QED) is 0.720. The van der Waals surface area contributed by atoms with Crippen molar-refractivity contribution in [1.29, 1.82) is 0 Å². The molecule has 10 heteroatoms. The molecule has 2 aromatic carbocycles. The highest BCUT2D eigenvalue weighted by molar-refractivity contribution is 7.92. The molecule has 1 aliphatic rings. The number of sulfonamides is 1. The van der Waals surface area contributed by atoms with Gasteiger partial charge in [0.25, 0.3) is 16.4 Å². The van der Waals surface area contributed by atoms with Crippen molar-refractivity contribution < 1.29 is 26.7 Å². The van der Waals surface area contributed by atoms with Crippen LogP contribution in [0.25, 0.3) is 11.3 Å². The summed E-state index contributed by atoms with van der Waals surface area (Å²) >= 11 is 0. The van der Waals surface area contributed by atoms with E-state index < -0.39 is 22.1 Å². The Morgan fingerprint density at radius 2 is 1.78 bits per heavy atom. The van der Waals surface area contributed by atoms with Crippen molar-refractivity contribution in [2.45, 2.75) is 11.3 Å². The summed E-state index contributed by atoms with van der Waals surface area (Å²) in [5.41, 5.74) is 0.0240. The summed E-state index contributed by atoms with van der Waals surface area (Å²) in [4.78, 5) is 3.02. The number of hydrogen-bond donors (Lipinski definition) is 1. The number of hydrogen-bond acceptors (Lipinski definition) is 5. The molecule has 7 nitrogen and oxygen atoms in total. The molecule has 27 heavy (non-hydrogen) atoms. The topological polar surface area (TPSA) is 82.5 Å². The third-order valence-electron chi connectivity index (χ3n) is 3.88. The van der Waals surface area contributed by atoms with E-state index in [-0.39, 0.29) is 17.4 Å². The van der Waals surface area contributed by atoms with Gasteiger partial charge in [0.2, 0.25) is 6.79 Å². The number of nitrogens with zero attached hydrogens (tertiary/aromatic N) is 2. The van der Waals surface area contributed by atoms with Crippen molar-refractivity contribution in [1.82, 2.24) is 9.89 Å². The van der Waals surface area contributed by atoms with Crippen LogP contribution in [0, 0.1) is 0 Å². The second-order valence-corrected chi connectivity index (χ2v) is 7.30. The van der Waals surface area contributed by atoms with Crippen molar-refractivity contribution in [3.63, 3.8) is 0 Å². The zero-order valence-electron chi connectivity index (χ0n) is 13.7. The van der Waals surface area contributed by atoms with Gasteiger partial charge in [-0.3, -0.25) is 0 Å². The minimum Gasteiger partial charge on any atom is -0.454 e. The monoisotopic (exact) mass is 393 g/mol. The summed E-state index contributed by atoms with van der Waals surface area (Å²) in [5.74, 6) is 0.952. The van der Waals surface area contributed by atoms with Gasteiger partial charge in [-0.25, -0.2) is 8.78 Å². The van der Waals surface area contributed by atoms with Gasteiger partial charge in [-0.1, -0.05) is 18.2 Å². The first-order chi connectivity index (χ1) is 12.9. The van der Waals surface area contributed by atoms with Crippen LogP contribution in [0.2, 0.25) is 0 Å². The fourth-order valence-electron chi connectivity index (χ4n) is 2.60. The molecule has 0 radical (unpaired) electrons. The fourth-order valence-corrected chi connectivity index (χ4v) is 3.59. The SMILES string of the molecule is O=S(=O)(Nn1nc(C(F)F)cc1-c1ccc2c(c1)OCO2)c1ccccc1. The standard InChI is InChI=1S/C17H13F2N3O4S/c18-17(19)13-9-14(11-6-7-15-16(8-11)26-10-25-15)22(20-13)21-27(23,24)12-4-2-1-3-5-12/h1-9,17,21H,10H2. The Bertz CT molecular complexity index is 1080. The predicted octanol–water partition coefficient (Wildman–Crippen LogP) is 3.15. The molecule has 0 amide bonds. The van der Waals surface area contributed by atoms with Crippen LogP contribution in [0.15, 0.2) is 59.5 Å². The van der Waals surface area contributed by atoms with Crippen molar-refractivity contribution in [3.8, 4) is 22.8 Å². The molecule has 0 saturated heterocycles. The van der Waals surface area contributed by atoms with Gasteiger partial charge in [0.05, 0.1) is 10.6 Å². The van der Waals surface area contributed by atoms with Gasteiger partial charge in [-0.05, 0) is 36.4 Å². The average Bonchev–Trinajstić information content (AvgIpc) is 3.28. The van der Waals surface area contributed by atoms with E-state index in [1.807, 2.05) is 0 Å². The molecule has 4 rings (SSSR count). The van der Waals surface area contributed by atoms with Crippen molar-refractivity contribution in [3.05, 3.63) is 60.3 Å². The van der Waals surface area contributed by atoms with E-state index in [4.69, 9.17) is 9.47 Å². The number of rotatable bonds is 5. The molecule has 1 aliphatic heterocycles. The molecule has 1 aromatic heterocycles.